The monoisotopic (exact) mass is 362 g/mol. The van der Waals surface area contributed by atoms with E-state index in [-0.39, 0.29) is 12.5 Å². The molecule has 1 unspecified atom stereocenters. The fourth-order valence-corrected chi connectivity index (χ4v) is 4.49. The van der Waals surface area contributed by atoms with Crippen LogP contribution >= 0.6 is 23.5 Å². The number of hydrogen-bond acceptors (Lipinski definition) is 5. The number of aliphatic imine (C=N–C) groups is 1. The average molecular weight is 363 g/mol. The smallest absolute Gasteiger partial charge is 0.286 e. The number of piperidine rings is 1. The van der Waals surface area contributed by atoms with E-state index in [0.717, 1.165) is 36.5 Å². The van der Waals surface area contributed by atoms with Crippen molar-refractivity contribution >= 4 is 40.7 Å². The van der Waals surface area contributed by atoms with Crippen LogP contribution < -0.4 is 0 Å². The van der Waals surface area contributed by atoms with E-state index in [0.29, 0.717) is 10.9 Å². The molecule has 0 radical (unpaired) electrons. The molecule has 2 aliphatic rings. The van der Waals surface area contributed by atoms with Crippen molar-refractivity contribution in [1.29, 1.82) is 0 Å². The molecule has 24 heavy (non-hydrogen) atoms. The second-order valence-electron chi connectivity index (χ2n) is 5.94. The Labute approximate surface area is 151 Å². The lowest BCUT2D eigenvalue weighted by atomic mass is 10.0. The highest BCUT2D eigenvalue weighted by molar-refractivity contribution is 8.18. The maximum Gasteiger partial charge on any atom is 0.286 e. The number of rotatable bonds is 4. The number of benzene rings is 1. The normalized spacial score (nSPS) is 23.0. The second kappa shape index (κ2) is 8.23. The van der Waals surface area contributed by atoms with E-state index in [1.165, 1.54) is 23.1 Å². The molecule has 0 bridgehead atoms. The first kappa shape index (κ1) is 17.6. The van der Waals surface area contributed by atoms with Gasteiger partial charge in [-0.05, 0) is 67.5 Å². The molecule has 4 nitrogen and oxygen atoms in total. The lowest BCUT2D eigenvalue weighted by Gasteiger charge is -2.36. The van der Waals surface area contributed by atoms with E-state index >= 15 is 0 Å². The minimum absolute atomic E-state index is 0.155. The van der Waals surface area contributed by atoms with Crippen LogP contribution in [0.3, 0.4) is 0 Å². The maximum absolute atomic E-state index is 12.3. The van der Waals surface area contributed by atoms with Gasteiger partial charge in [0.15, 0.2) is 5.17 Å². The molecule has 0 saturated carbocycles. The number of amidine groups is 1. The fourth-order valence-electron chi connectivity index (χ4n) is 3.07. The summed E-state index contributed by atoms with van der Waals surface area (Å²) in [7, 11) is 0. The third-order valence-electron chi connectivity index (χ3n) is 4.36. The van der Waals surface area contributed by atoms with Gasteiger partial charge < -0.3 is 10.0 Å². The number of carbonyl (C=O) groups excluding carboxylic acids is 1. The summed E-state index contributed by atoms with van der Waals surface area (Å²) in [6.45, 7) is 1.09. The number of carbonyl (C=O) groups is 1. The number of amides is 1. The summed E-state index contributed by atoms with van der Waals surface area (Å²) < 4.78 is 0. The highest BCUT2D eigenvalue weighted by atomic mass is 32.2. The predicted octanol–water partition coefficient (Wildman–Crippen LogP) is 3.62. The highest BCUT2D eigenvalue weighted by Gasteiger charge is 2.31. The lowest BCUT2D eigenvalue weighted by Crippen LogP contribution is -2.42. The van der Waals surface area contributed by atoms with Crippen LogP contribution in [0.2, 0.25) is 0 Å². The maximum atomic E-state index is 12.3. The Morgan fingerprint density at radius 1 is 1.38 bits per heavy atom. The van der Waals surface area contributed by atoms with Gasteiger partial charge in [-0.15, -0.1) is 11.8 Å². The van der Waals surface area contributed by atoms with E-state index in [9.17, 15) is 9.90 Å². The Morgan fingerprint density at radius 3 is 2.88 bits per heavy atom. The molecule has 0 aliphatic carbocycles. The molecule has 1 amide bonds. The van der Waals surface area contributed by atoms with Gasteiger partial charge in [-0.3, -0.25) is 4.79 Å². The van der Waals surface area contributed by atoms with Crippen LogP contribution in [0, 0.1) is 0 Å². The fraction of sp³-hybridized carbons (Fsp3) is 0.444. The SMILES string of the molecule is CSc1ccc(/C=C2\SC(N3CCCCC3CCO)=NC2=O)cc1. The van der Waals surface area contributed by atoms with E-state index in [4.69, 9.17) is 0 Å². The molecule has 1 N–H and O–H groups in total. The Bertz CT molecular complexity index is 653. The van der Waals surface area contributed by atoms with Crippen molar-refractivity contribution in [3.05, 3.63) is 34.7 Å². The molecule has 3 rings (SSSR count). The number of likely N-dealkylation sites (tertiary alicyclic amines) is 1. The lowest BCUT2D eigenvalue weighted by molar-refractivity contribution is -0.113. The summed E-state index contributed by atoms with van der Waals surface area (Å²) >= 11 is 3.16. The second-order valence-corrected chi connectivity index (χ2v) is 7.83. The number of aliphatic hydroxyl groups is 1. The average Bonchev–Trinajstić information content (AvgIpc) is 2.97. The van der Waals surface area contributed by atoms with E-state index < -0.39 is 0 Å². The van der Waals surface area contributed by atoms with Gasteiger partial charge in [0.1, 0.15) is 0 Å². The molecular formula is C18H22N2O2S2. The third-order valence-corrected chi connectivity index (χ3v) is 6.12. The molecule has 2 aliphatic heterocycles. The molecule has 2 heterocycles. The molecule has 128 valence electrons. The number of nitrogens with zero attached hydrogens (tertiary/aromatic N) is 2. The first-order valence-corrected chi connectivity index (χ1v) is 10.3. The first-order chi connectivity index (χ1) is 11.7. The molecule has 0 spiro atoms. The van der Waals surface area contributed by atoms with Crippen LogP contribution in [0.1, 0.15) is 31.2 Å². The number of aliphatic hydroxyl groups excluding tert-OH is 1. The summed E-state index contributed by atoms with van der Waals surface area (Å²) in [5.74, 6) is -0.155. The van der Waals surface area contributed by atoms with Crippen molar-refractivity contribution in [3.63, 3.8) is 0 Å². The van der Waals surface area contributed by atoms with Crippen LogP contribution in [0.4, 0.5) is 0 Å². The number of hydrogen-bond donors (Lipinski definition) is 1. The van der Waals surface area contributed by atoms with Gasteiger partial charge in [0, 0.05) is 24.1 Å². The van der Waals surface area contributed by atoms with Crippen LogP contribution in [-0.4, -0.2) is 46.5 Å². The predicted molar refractivity (Wildman–Crippen MR) is 102 cm³/mol. The Morgan fingerprint density at radius 2 is 2.17 bits per heavy atom. The minimum atomic E-state index is -0.155. The highest BCUT2D eigenvalue weighted by Crippen LogP contribution is 2.33. The molecule has 1 aromatic carbocycles. The van der Waals surface area contributed by atoms with Crippen molar-refractivity contribution in [1.82, 2.24) is 4.90 Å². The Hall–Kier alpha value is -1.24. The third kappa shape index (κ3) is 4.05. The number of thioether (sulfide) groups is 2. The summed E-state index contributed by atoms with van der Waals surface area (Å²) in [5.41, 5.74) is 1.02. The van der Waals surface area contributed by atoms with Crippen LogP contribution in [0.5, 0.6) is 0 Å². The zero-order valence-corrected chi connectivity index (χ0v) is 15.4. The Kier molecular flexibility index (Phi) is 6.03. The van der Waals surface area contributed by atoms with Crippen molar-refractivity contribution in [2.75, 3.05) is 19.4 Å². The van der Waals surface area contributed by atoms with Gasteiger partial charge in [0.25, 0.3) is 5.91 Å². The summed E-state index contributed by atoms with van der Waals surface area (Å²) in [5, 5.41) is 10.1. The molecule has 1 saturated heterocycles. The summed E-state index contributed by atoms with van der Waals surface area (Å²) in [6.07, 6.45) is 8.05. The zero-order valence-electron chi connectivity index (χ0n) is 13.8. The van der Waals surface area contributed by atoms with E-state index in [2.05, 4.69) is 22.0 Å². The molecular weight excluding hydrogens is 340 g/mol. The topological polar surface area (TPSA) is 52.9 Å². The van der Waals surface area contributed by atoms with Crippen molar-refractivity contribution < 1.29 is 9.90 Å². The quantitative estimate of drug-likeness (QED) is 0.655. The van der Waals surface area contributed by atoms with Gasteiger partial charge in [0.05, 0.1) is 4.91 Å². The van der Waals surface area contributed by atoms with Gasteiger partial charge in [-0.1, -0.05) is 12.1 Å². The Balaban J connectivity index is 1.73. The summed E-state index contributed by atoms with van der Waals surface area (Å²) in [6, 6.07) is 8.47. The van der Waals surface area contributed by atoms with Gasteiger partial charge in [-0.2, -0.15) is 4.99 Å². The standard InChI is InChI=1S/C18H22N2O2S2/c1-23-15-7-5-13(6-8-15)12-16-17(22)19-18(24-16)20-10-3-2-4-14(20)9-11-21/h5-8,12,14,21H,2-4,9-11H2,1H3/b16-12-. The van der Waals surface area contributed by atoms with Crippen molar-refractivity contribution in [2.24, 2.45) is 4.99 Å². The van der Waals surface area contributed by atoms with Crippen molar-refractivity contribution in [2.45, 2.75) is 36.6 Å². The minimum Gasteiger partial charge on any atom is -0.396 e. The van der Waals surface area contributed by atoms with Gasteiger partial charge >= 0.3 is 0 Å². The first-order valence-electron chi connectivity index (χ1n) is 8.25. The molecule has 1 fully saturated rings. The van der Waals surface area contributed by atoms with Crippen LogP contribution in [0.25, 0.3) is 6.08 Å². The van der Waals surface area contributed by atoms with Crippen LogP contribution in [-0.2, 0) is 4.79 Å². The molecule has 1 atom stereocenters. The van der Waals surface area contributed by atoms with Crippen LogP contribution in [0.15, 0.2) is 39.1 Å². The molecule has 6 heteroatoms. The van der Waals surface area contributed by atoms with Gasteiger partial charge in [0.2, 0.25) is 0 Å². The summed E-state index contributed by atoms with van der Waals surface area (Å²) in [4.78, 5) is 20.6. The van der Waals surface area contributed by atoms with E-state index in [1.54, 1.807) is 11.8 Å². The molecule has 1 aromatic rings. The van der Waals surface area contributed by atoms with E-state index in [1.807, 2.05) is 24.5 Å². The van der Waals surface area contributed by atoms with Gasteiger partial charge in [-0.25, -0.2) is 0 Å². The van der Waals surface area contributed by atoms with Crippen molar-refractivity contribution in [3.8, 4) is 0 Å². The molecule has 0 aromatic heterocycles. The largest absolute Gasteiger partial charge is 0.396 e. The zero-order chi connectivity index (χ0) is 16.9.